The lowest BCUT2D eigenvalue weighted by Crippen LogP contribution is -2.28. The van der Waals surface area contributed by atoms with E-state index in [1.54, 1.807) is 0 Å². The molecule has 0 aromatic heterocycles. The fourth-order valence-corrected chi connectivity index (χ4v) is 11.0. The molecule has 1 heteroatoms. The van der Waals surface area contributed by atoms with Gasteiger partial charge in [0.2, 0.25) is 0 Å². The molecule has 0 amide bonds. The van der Waals surface area contributed by atoms with Gasteiger partial charge in [-0.25, -0.2) is 0 Å². The maximum Gasteiger partial charge on any atom is 0.0714 e. The van der Waals surface area contributed by atoms with Crippen LogP contribution in [0.3, 0.4) is 0 Å². The highest BCUT2D eigenvalue weighted by molar-refractivity contribution is 6.08. The van der Waals surface area contributed by atoms with Gasteiger partial charge in [0, 0.05) is 22.2 Å². The summed E-state index contributed by atoms with van der Waals surface area (Å²) in [5.41, 5.74) is 18.2. The fourth-order valence-electron chi connectivity index (χ4n) is 11.0. The lowest BCUT2D eigenvalue weighted by atomic mass is 9.67. The number of nitrogens with zero attached hydrogens (tertiary/aromatic N) is 1. The van der Waals surface area contributed by atoms with Crippen molar-refractivity contribution in [3.8, 4) is 33.4 Å². The summed E-state index contributed by atoms with van der Waals surface area (Å²) >= 11 is 0. The third-order valence-electron chi connectivity index (χ3n) is 13.7. The first-order valence-corrected chi connectivity index (χ1v) is 21.4. The molecule has 0 heterocycles. The lowest BCUT2D eigenvalue weighted by molar-refractivity contribution is 0.666. The summed E-state index contributed by atoms with van der Waals surface area (Å²) in [6, 6.07) is 83.6. The van der Waals surface area contributed by atoms with Gasteiger partial charge in [-0.1, -0.05) is 202 Å². The topological polar surface area (TPSA) is 3.24 Å². The van der Waals surface area contributed by atoms with Crippen LogP contribution in [0.4, 0.5) is 17.1 Å². The molecule has 0 N–H and O–H groups in total. The number of hydrogen-bond acceptors (Lipinski definition) is 1. The van der Waals surface area contributed by atoms with Gasteiger partial charge in [-0.3, -0.25) is 0 Å². The standard InChI is InChI=1S/C60H43N/c1-59(2)54-35-31-43(40-18-6-3-7-19-40)37-52(54)53-39-57(50-27-14-15-28-51(50)58(53)59)61(46-32-30-41-20-12-13-21-42(41)36-46)47-33-34-49-48-26-16-17-29-55(48)60(56(49)38-47,44-22-8-4-9-23-44)45-24-10-5-11-25-45/h3-39H,1-2H3. The average Bonchev–Trinajstić information content (AvgIpc) is 3.74. The van der Waals surface area contributed by atoms with Crippen molar-refractivity contribution in [1.29, 1.82) is 0 Å². The maximum atomic E-state index is 2.53. The molecule has 288 valence electrons. The van der Waals surface area contributed by atoms with Crippen molar-refractivity contribution < 1.29 is 0 Å². The van der Waals surface area contributed by atoms with E-state index >= 15 is 0 Å². The summed E-state index contributed by atoms with van der Waals surface area (Å²) in [6.45, 7) is 4.80. The van der Waals surface area contributed by atoms with E-state index in [2.05, 4.69) is 243 Å². The normalized spacial score (nSPS) is 14.0. The second kappa shape index (κ2) is 13.5. The largest absolute Gasteiger partial charge is 0.310 e. The third kappa shape index (κ3) is 5.20. The molecule has 61 heavy (non-hydrogen) atoms. The molecule has 12 rings (SSSR count). The van der Waals surface area contributed by atoms with Crippen LogP contribution in [0.2, 0.25) is 0 Å². The van der Waals surface area contributed by atoms with Crippen molar-refractivity contribution in [3.05, 3.63) is 258 Å². The van der Waals surface area contributed by atoms with Crippen LogP contribution in [0.15, 0.2) is 224 Å². The molecule has 0 saturated carbocycles. The quantitative estimate of drug-likeness (QED) is 0.163. The Morgan fingerprint density at radius 2 is 0.934 bits per heavy atom. The van der Waals surface area contributed by atoms with Crippen molar-refractivity contribution in [2.24, 2.45) is 0 Å². The number of fused-ring (bicyclic) bond motifs is 9. The predicted octanol–water partition coefficient (Wildman–Crippen LogP) is 15.8. The monoisotopic (exact) mass is 777 g/mol. The molecule has 1 nitrogen and oxygen atoms in total. The minimum Gasteiger partial charge on any atom is -0.310 e. The predicted molar refractivity (Wildman–Crippen MR) is 256 cm³/mol. The molecular weight excluding hydrogens is 735 g/mol. The Morgan fingerprint density at radius 3 is 1.69 bits per heavy atom. The van der Waals surface area contributed by atoms with E-state index in [4.69, 9.17) is 0 Å². The Balaban J connectivity index is 1.16. The molecule has 2 aliphatic carbocycles. The van der Waals surface area contributed by atoms with Gasteiger partial charge < -0.3 is 4.90 Å². The smallest absolute Gasteiger partial charge is 0.0714 e. The van der Waals surface area contributed by atoms with Gasteiger partial charge >= 0.3 is 0 Å². The molecule has 0 bridgehead atoms. The Morgan fingerprint density at radius 1 is 0.344 bits per heavy atom. The molecule has 10 aromatic rings. The zero-order valence-electron chi connectivity index (χ0n) is 34.3. The molecule has 2 aliphatic rings. The van der Waals surface area contributed by atoms with Crippen molar-refractivity contribution in [1.82, 2.24) is 0 Å². The van der Waals surface area contributed by atoms with Crippen LogP contribution in [0.25, 0.3) is 54.9 Å². The Hall–Kier alpha value is -7.48. The second-order valence-electron chi connectivity index (χ2n) is 17.2. The van der Waals surface area contributed by atoms with Crippen molar-refractivity contribution in [2.45, 2.75) is 24.7 Å². The molecule has 0 aliphatic heterocycles. The van der Waals surface area contributed by atoms with E-state index in [0.717, 1.165) is 11.4 Å². The minimum atomic E-state index is -0.518. The highest BCUT2D eigenvalue weighted by Crippen LogP contribution is 2.59. The van der Waals surface area contributed by atoms with Gasteiger partial charge in [0.25, 0.3) is 0 Å². The maximum absolute atomic E-state index is 2.53. The van der Waals surface area contributed by atoms with E-state index in [0.29, 0.717) is 0 Å². The van der Waals surface area contributed by atoms with Crippen LogP contribution in [0.5, 0.6) is 0 Å². The third-order valence-corrected chi connectivity index (χ3v) is 13.7. The average molecular weight is 778 g/mol. The van der Waals surface area contributed by atoms with Crippen LogP contribution >= 0.6 is 0 Å². The van der Waals surface area contributed by atoms with E-state index in [1.165, 1.54) is 94.0 Å². The van der Waals surface area contributed by atoms with E-state index in [9.17, 15) is 0 Å². The summed E-state index contributed by atoms with van der Waals surface area (Å²) in [5.74, 6) is 0. The Labute approximate surface area is 357 Å². The SMILES string of the molecule is CC1(C)c2ccc(-c3ccccc3)cc2-c2cc(N(c3ccc4c(c3)C(c3ccccc3)(c3ccccc3)c3ccccc3-4)c3ccc4ccccc4c3)c3ccccc3c21. The first kappa shape index (κ1) is 35.5. The van der Waals surface area contributed by atoms with Gasteiger partial charge in [-0.2, -0.15) is 0 Å². The van der Waals surface area contributed by atoms with Gasteiger partial charge in [-0.05, 0) is 119 Å². The number of hydrogen-bond donors (Lipinski definition) is 0. The van der Waals surface area contributed by atoms with Gasteiger partial charge in [-0.15, -0.1) is 0 Å². The van der Waals surface area contributed by atoms with Gasteiger partial charge in [0.05, 0.1) is 11.1 Å². The van der Waals surface area contributed by atoms with Crippen molar-refractivity contribution >= 4 is 38.6 Å². The Bertz CT molecular complexity index is 3290. The molecule has 0 radical (unpaired) electrons. The molecule has 0 atom stereocenters. The molecule has 0 spiro atoms. The lowest BCUT2D eigenvalue weighted by Gasteiger charge is -2.35. The van der Waals surface area contributed by atoms with E-state index in [1.807, 2.05) is 0 Å². The molecule has 0 fully saturated rings. The molecule has 10 aromatic carbocycles. The summed E-state index contributed by atoms with van der Waals surface area (Å²) < 4.78 is 0. The van der Waals surface area contributed by atoms with Crippen LogP contribution in [0, 0.1) is 0 Å². The first-order chi connectivity index (χ1) is 30.0. The fraction of sp³-hybridized carbons (Fsp3) is 0.0667. The van der Waals surface area contributed by atoms with Gasteiger partial charge in [0.15, 0.2) is 0 Å². The van der Waals surface area contributed by atoms with Crippen LogP contribution < -0.4 is 4.90 Å². The van der Waals surface area contributed by atoms with Crippen molar-refractivity contribution in [3.63, 3.8) is 0 Å². The minimum absolute atomic E-state index is 0.184. The summed E-state index contributed by atoms with van der Waals surface area (Å²) in [7, 11) is 0. The van der Waals surface area contributed by atoms with E-state index < -0.39 is 5.41 Å². The van der Waals surface area contributed by atoms with E-state index in [-0.39, 0.29) is 5.41 Å². The molecule has 0 saturated heterocycles. The molecular formula is C60H43N. The zero-order valence-corrected chi connectivity index (χ0v) is 34.3. The molecule has 0 unspecified atom stereocenters. The van der Waals surface area contributed by atoms with Crippen LogP contribution in [-0.4, -0.2) is 0 Å². The van der Waals surface area contributed by atoms with Gasteiger partial charge in [0.1, 0.15) is 0 Å². The number of anilines is 3. The summed E-state index contributed by atoms with van der Waals surface area (Å²) in [4.78, 5) is 2.53. The second-order valence-corrected chi connectivity index (χ2v) is 17.2. The van der Waals surface area contributed by atoms with Crippen molar-refractivity contribution in [2.75, 3.05) is 4.90 Å². The van der Waals surface area contributed by atoms with Crippen LogP contribution in [-0.2, 0) is 10.8 Å². The highest BCUT2D eigenvalue weighted by Gasteiger charge is 2.46. The zero-order chi connectivity index (χ0) is 40.7. The first-order valence-electron chi connectivity index (χ1n) is 21.4. The summed E-state index contributed by atoms with van der Waals surface area (Å²) in [6.07, 6.45) is 0. The summed E-state index contributed by atoms with van der Waals surface area (Å²) in [5, 5.41) is 4.97. The van der Waals surface area contributed by atoms with Crippen LogP contribution in [0.1, 0.15) is 47.2 Å². The number of rotatable bonds is 6. The number of benzene rings is 10. The highest BCUT2D eigenvalue weighted by atomic mass is 15.1. The Kier molecular flexibility index (Phi) is 7.86.